The molecule has 4 aromatic rings. The van der Waals surface area contributed by atoms with Gasteiger partial charge in [-0.05, 0) is 44.0 Å². The molecule has 0 atom stereocenters. The van der Waals surface area contributed by atoms with E-state index in [1.165, 1.54) is 0 Å². The normalized spacial score (nSPS) is 13.0. The average molecular weight is 440 g/mol. The minimum absolute atomic E-state index is 0. The Balaban J connectivity index is 0.00000231. The molecule has 0 spiro atoms. The summed E-state index contributed by atoms with van der Waals surface area (Å²) in [7, 11) is 3.26. The molecule has 0 unspecified atom stereocenters. The maximum Gasteiger partial charge on any atom is 0.261 e. The summed E-state index contributed by atoms with van der Waals surface area (Å²) in [4.78, 5) is 13.7. The van der Waals surface area contributed by atoms with Gasteiger partial charge in [0.1, 0.15) is 11.5 Å². The van der Waals surface area contributed by atoms with Crippen LogP contribution in [0.3, 0.4) is 0 Å². The lowest BCUT2D eigenvalue weighted by Gasteiger charge is -2.16. The number of rotatable bonds is 6. The molecule has 160 valence electrons. The van der Waals surface area contributed by atoms with Crippen LogP contribution in [0.4, 0.5) is 11.4 Å². The predicted octanol–water partition coefficient (Wildman–Crippen LogP) is 5.05. The largest absolute Gasteiger partial charge is 0.497 e. The van der Waals surface area contributed by atoms with E-state index in [-0.39, 0.29) is 12.4 Å². The summed E-state index contributed by atoms with van der Waals surface area (Å²) < 4.78 is 16.5. The Bertz CT molecular complexity index is 1240. The van der Waals surface area contributed by atoms with Crippen LogP contribution in [0.1, 0.15) is 30.3 Å². The van der Waals surface area contributed by atoms with Crippen LogP contribution in [0, 0.1) is 6.92 Å². The van der Waals surface area contributed by atoms with E-state index in [1.54, 1.807) is 20.4 Å². The maximum absolute atomic E-state index is 5.59. The second-order valence-electron chi connectivity index (χ2n) is 7.29. The van der Waals surface area contributed by atoms with Crippen molar-refractivity contribution in [3.8, 4) is 23.0 Å². The topological polar surface area (TPSA) is 95.2 Å². The summed E-state index contributed by atoms with van der Waals surface area (Å²) in [5, 5.41) is 8.47. The molecule has 0 aliphatic heterocycles. The van der Waals surface area contributed by atoms with E-state index in [0.29, 0.717) is 34.5 Å². The fraction of sp³-hybridized carbons (Fsp3) is 0.273. The summed E-state index contributed by atoms with van der Waals surface area (Å²) in [5.41, 5.74) is 3.74. The van der Waals surface area contributed by atoms with Crippen LogP contribution < -0.4 is 14.8 Å². The van der Waals surface area contributed by atoms with Gasteiger partial charge in [-0.1, -0.05) is 5.16 Å². The molecule has 1 fully saturated rings. The van der Waals surface area contributed by atoms with E-state index in [0.717, 1.165) is 41.1 Å². The standard InChI is InChI=1S/C22H21N5O3.ClH/c1-12-4-8-15-19(25-17-10-14(28-2)7-9-18(17)29-3)16(11-23-21(15)24-12)22-26-20(27-30-22)13-5-6-13;/h4,7-11,13H,5-6H2,1-3H3,(H,23,24,25);1H. The summed E-state index contributed by atoms with van der Waals surface area (Å²) in [5.74, 6) is 2.96. The lowest BCUT2D eigenvalue weighted by Crippen LogP contribution is -2.00. The van der Waals surface area contributed by atoms with Crippen molar-refractivity contribution in [2.24, 2.45) is 0 Å². The molecule has 3 aromatic heterocycles. The van der Waals surface area contributed by atoms with Gasteiger partial charge in [-0.25, -0.2) is 9.97 Å². The summed E-state index contributed by atoms with van der Waals surface area (Å²) in [6.45, 7) is 1.94. The molecule has 8 nitrogen and oxygen atoms in total. The first-order chi connectivity index (χ1) is 14.7. The molecule has 0 saturated heterocycles. The van der Waals surface area contributed by atoms with Gasteiger partial charge in [0.15, 0.2) is 11.5 Å². The smallest absolute Gasteiger partial charge is 0.261 e. The summed E-state index contributed by atoms with van der Waals surface area (Å²) in [6.07, 6.45) is 3.92. The van der Waals surface area contributed by atoms with E-state index in [2.05, 4.69) is 25.4 Å². The van der Waals surface area contributed by atoms with Crippen LogP contribution in [0.25, 0.3) is 22.5 Å². The number of methoxy groups -OCH3 is 2. The van der Waals surface area contributed by atoms with Crippen molar-refractivity contribution in [3.05, 3.63) is 48.0 Å². The first-order valence-corrected chi connectivity index (χ1v) is 9.75. The van der Waals surface area contributed by atoms with E-state index >= 15 is 0 Å². The molecule has 5 rings (SSSR count). The van der Waals surface area contributed by atoms with E-state index in [9.17, 15) is 0 Å². The zero-order valence-electron chi connectivity index (χ0n) is 17.4. The molecular weight excluding hydrogens is 418 g/mol. The van der Waals surface area contributed by atoms with Crippen molar-refractivity contribution >= 4 is 34.8 Å². The zero-order valence-corrected chi connectivity index (χ0v) is 18.2. The van der Waals surface area contributed by atoms with Crippen LogP contribution in [-0.4, -0.2) is 34.3 Å². The SMILES string of the molecule is COc1ccc(OC)c(Nc2c(-c3nc(C4CC4)no3)cnc3nc(C)ccc23)c1.Cl. The van der Waals surface area contributed by atoms with Crippen molar-refractivity contribution in [1.82, 2.24) is 20.1 Å². The molecule has 1 saturated carbocycles. The molecule has 9 heteroatoms. The van der Waals surface area contributed by atoms with Gasteiger partial charge < -0.3 is 19.3 Å². The summed E-state index contributed by atoms with van der Waals surface area (Å²) in [6, 6.07) is 9.51. The fourth-order valence-electron chi connectivity index (χ4n) is 3.37. The molecular formula is C22H22ClN5O3. The van der Waals surface area contributed by atoms with Crippen molar-refractivity contribution < 1.29 is 14.0 Å². The number of hydrogen-bond donors (Lipinski definition) is 1. The van der Waals surface area contributed by atoms with E-state index in [1.807, 2.05) is 37.3 Å². The van der Waals surface area contributed by atoms with E-state index < -0.39 is 0 Å². The second kappa shape index (κ2) is 8.39. The molecule has 3 heterocycles. The lowest BCUT2D eigenvalue weighted by atomic mass is 10.1. The number of benzene rings is 1. The van der Waals surface area contributed by atoms with Crippen molar-refractivity contribution in [2.45, 2.75) is 25.7 Å². The first-order valence-electron chi connectivity index (χ1n) is 9.75. The number of fused-ring (bicyclic) bond motifs is 1. The molecule has 0 radical (unpaired) electrons. The van der Waals surface area contributed by atoms with Gasteiger partial charge in [-0.3, -0.25) is 0 Å². The van der Waals surface area contributed by atoms with Crippen LogP contribution in [0.5, 0.6) is 11.5 Å². The van der Waals surface area contributed by atoms with Crippen molar-refractivity contribution in [1.29, 1.82) is 0 Å². The lowest BCUT2D eigenvalue weighted by molar-refractivity contribution is 0.405. The highest BCUT2D eigenvalue weighted by molar-refractivity contribution is 5.99. The van der Waals surface area contributed by atoms with Gasteiger partial charge in [0.05, 0.1) is 31.2 Å². The number of aromatic nitrogens is 4. The molecule has 1 aliphatic carbocycles. The van der Waals surface area contributed by atoms with Crippen LogP contribution >= 0.6 is 12.4 Å². The third-order valence-corrected chi connectivity index (χ3v) is 5.15. The Morgan fingerprint density at radius 2 is 1.90 bits per heavy atom. The predicted molar refractivity (Wildman–Crippen MR) is 120 cm³/mol. The Hall–Kier alpha value is -3.39. The van der Waals surface area contributed by atoms with Gasteiger partial charge >= 0.3 is 0 Å². The third-order valence-electron chi connectivity index (χ3n) is 5.15. The highest BCUT2D eigenvalue weighted by Gasteiger charge is 2.29. The minimum atomic E-state index is 0. The molecule has 31 heavy (non-hydrogen) atoms. The van der Waals surface area contributed by atoms with Crippen LogP contribution in [-0.2, 0) is 0 Å². The Morgan fingerprint density at radius 3 is 2.65 bits per heavy atom. The fourth-order valence-corrected chi connectivity index (χ4v) is 3.37. The van der Waals surface area contributed by atoms with Gasteiger partial charge in [0.2, 0.25) is 0 Å². The monoisotopic (exact) mass is 439 g/mol. The Morgan fingerprint density at radius 1 is 1.06 bits per heavy atom. The van der Waals surface area contributed by atoms with Crippen LogP contribution in [0.15, 0.2) is 41.1 Å². The number of pyridine rings is 2. The Kier molecular flexibility index (Phi) is 5.65. The first kappa shape index (κ1) is 20.9. The number of hydrogen-bond acceptors (Lipinski definition) is 8. The highest BCUT2D eigenvalue weighted by atomic mass is 35.5. The van der Waals surface area contributed by atoms with Gasteiger partial charge in [-0.2, -0.15) is 4.98 Å². The average Bonchev–Trinajstić information content (AvgIpc) is 3.50. The quantitative estimate of drug-likeness (QED) is 0.446. The van der Waals surface area contributed by atoms with Crippen molar-refractivity contribution in [3.63, 3.8) is 0 Å². The number of halogens is 1. The second-order valence-corrected chi connectivity index (χ2v) is 7.29. The Labute approximate surface area is 185 Å². The summed E-state index contributed by atoms with van der Waals surface area (Å²) >= 11 is 0. The minimum Gasteiger partial charge on any atom is -0.497 e. The van der Waals surface area contributed by atoms with E-state index in [4.69, 9.17) is 14.0 Å². The molecule has 1 aliphatic rings. The van der Waals surface area contributed by atoms with Gasteiger partial charge in [0, 0.05) is 29.3 Å². The maximum atomic E-state index is 5.59. The van der Waals surface area contributed by atoms with Crippen molar-refractivity contribution in [2.75, 3.05) is 19.5 Å². The number of nitrogens with zero attached hydrogens (tertiary/aromatic N) is 4. The van der Waals surface area contributed by atoms with Gasteiger partial charge in [0.25, 0.3) is 5.89 Å². The molecule has 0 amide bonds. The molecule has 1 N–H and O–H groups in total. The zero-order chi connectivity index (χ0) is 20.7. The highest BCUT2D eigenvalue weighted by Crippen LogP contribution is 2.41. The molecule has 1 aromatic carbocycles. The molecule has 0 bridgehead atoms. The number of ether oxygens (including phenoxy) is 2. The number of anilines is 2. The van der Waals surface area contributed by atoms with Gasteiger partial charge in [-0.15, -0.1) is 12.4 Å². The number of nitrogens with one attached hydrogen (secondary N) is 1. The number of aryl methyl sites for hydroxylation is 1. The van der Waals surface area contributed by atoms with Crippen LogP contribution in [0.2, 0.25) is 0 Å². The third kappa shape index (κ3) is 3.98.